The van der Waals surface area contributed by atoms with E-state index in [9.17, 15) is 4.79 Å². The first-order chi connectivity index (χ1) is 6.19. The molecule has 1 heterocycles. The lowest BCUT2D eigenvalue weighted by atomic mass is 9.93. The molecule has 1 amide bonds. The zero-order valence-electron chi connectivity index (χ0n) is 7.99. The summed E-state index contributed by atoms with van der Waals surface area (Å²) in [4.78, 5) is 12.7. The summed E-state index contributed by atoms with van der Waals surface area (Å²) in [7, 11) is 1.34. The highest BCUT2D eigenvalue weighted by Crippen LogP contribution is 2.22. The number of piperidine rings is 1. The molecule has 0 aromatic heterocycles. The molecule has 1 saturated heterocycles. The van der Waals surface area contributed by atoms with Gasteiger partial charge in [-0.2, -0.15) is 5.26 Å². The van der Waals surface area contributed by atoms with Crippen molar-refractivity contribution in [1.29, 1.82) is 5.26 Å². The van der Waals surface area contributed by atoms with Gasteiger partial charge in [0.2, 0.25) is 0 Å². The third-order valence-corrected chi connectivity index (χ3v) is 2.42. The number of ether oxygens (including phenoxy) is 1. The molecule has 0 spiro atoms. The maximum atomic E-state index is 11.2. The molecule has 0 aliphatic carbocycles. The van der Waals surface area contributed by atoms with Gasteiger partial charge in [-0.1, -0.05) is 6.92 Å². The summed E-state index contributed by atoms with van der Waals surface area (Å²) in [5.74, 6) is 0.519. The van der Waals surface area contributed by atoms with Crippen molar-refractivity contribution < 1.29 is 9.53 Å². The number of methoxy groups -OCH3 is 1. The van der Waals surface area contributed by atoms with E-state index in [1.807, 2.05) is 0 Å². The van der Waals surface area contributed by atoms with E-state index in [4.69, 9.17) is 5.26 Å². The molecular formula is C9H14N2O2. The number of hydrogen-bond donors (Lipinski definition) is 0. The lowest BCUT2D eigenvalue weighted by Crippen LogP contribution is -2.44. The maximum Gasteiger partial charge on any atom is 0.410 e. The quantitative estimate of drug-likeness (QED) is 0.568. The van der Waals surface area contributed by atoms with Crippen molar-refractivity contribution in [2.24, 2.45) is 5.92 Å². The second kappa shape index (κ2) is 4.13. The summed E-state index contributed by atoms with van der Waals surface area (Å²) in [5.41, 5.74) is 0. The third-order valence-electron chi connectivity index (χ3n) is 2.42. The van der Waals surface area contributed by atoms with Crippen molar-refractivity contribution in [2.75, 3.05) is 13.7 Å². The van der Waals surface area contributed by atoms with E-state index in [2.05, 4.69) is 17.7 Å². The molecule has 2 atom stereocenters. The summed E-state index contributed by atoms with van der Waals surface area (Å²) in [6, 6.07) is 1.82. The van der Waals surface area contributed by atoms with Crippen molar-refractivity contribution in [3.63, 3.8) is 0 Å². The highest BCUT2D eigenvalue weighted by Gasteiger charge is 2.30. The van der Waals surface area contributed by atoms with Gasteiger partial charge in [-0.25, -0.2) is 4.79 Å². The first-order valence-corrected chi connectivity index (χ1v) is 4.43. The zero-order chi connectivity index (χ0) is 9.84. The van der Waals surface area contributed by atoms with Crippen molar-refractivity contribution in [1.82, 2.24) is 4.90 Å². The standard InChI is InChI=1S/C9H14N2O2/c1-7-3-4-11(9(12)13-2)8(5-7)6-10/h7-8H,3-5H2,1-2H3/t7-,8+/m1/s1. The predicted octanol–water partition coefficient (Wildman–Crippen LogP) is 1.38. The normalized spacial score (nSPS) is 27.9. The third kappa shape index (κ3) is 2.11. The molecule has 0 saturated carbocycles. The van der Waals surface area contributed by atoms with E-state index in [0.717, 1.165) is 12.8 Å². The molecule has 4 nitrogen and oxygen atoms in total. The number of carbonyl (C=O) groups excluding carboxylic acids is 1. The number of nitrogens with zero attached hydrogens (tertiary/aromatic N) is 2. The number of likely N-dealkylation sites (tertiary alicyclic amines) is 1. The van der Waals surface area contributed by atoms with Gasteiger partial charge in [0, 0.05) is 6.54 Å². The number of nitriles is 1. The van der Waals surface area contributed by atoms with Gasteiger partial charge in [0.25, 0.3) is 0 Å². The molecule has 13 heavy (non-hydrogen) atoms. The molecule has 4 heteroatoms. The summed E-state index contributed by atoms with van der Waals surface area (Å²) < 4.78 is 4.59. The molecule has 1 aliphatic heterocycles. The fourth-order valence-corrected chi connectivity index (χ4v) is 1.60. The van der Waals surface area contributed by atoms with Crippen molar-refractivity contribution in [2.45, 2.75) is 25.8 Å². The van der Waals surface area contributed by atoms with Crippen LogP contribution in [-0.4, -0.2) is 30.7 Å². The molecule has 1 aliphatic rings. The van der Waals surface area contributed by atoms with Crippen LogP contribution in [-0.2, 0) is 4.74 Å². The fraction of sp³-hybridized carbons (Fsp3) is 0.778. The summed E-state index contributed by atoms with van der Waals surface area (Å²) in [6.45, 7) is 2.73. The Hall–Kier alpha value is -1.24. The number of carbonyl (C=O) groups is 1. The average molecular weight is 182 g/mol. The Morgan fingerprint density at radius 2 is 2.38 bits per heavy atom. The molecule has 0 unspecified atom stereocenters. The number of rotatable bonds is 0. The van der Waals surface area contributed by atoms with Crippen LogP contribution in [0.5, 0.6) is 0 Å². The maximum absolute atomic E-state index is 11.2. The highest BCUT2D eigenvalue weighted by atomic mass is 16.5. The van der Waals surface area contributed by atoms with E-state index in [1.165, 1.54) is 12.0 Å². The second-order valence-electron chi connectivity index (χ2n) is 3.44. The van der Waals surface area contributed by atoms with Crippen molar-refractivity contribution in [3.8, 4) is 6.07 Å². The van der Waals surface area contributed by atoms with Crippen LogP contribution in [0.25, 0.3) is 0 Å². The Balaban J connectivity index is 2.64. The largest absolute Gasteiger partial charge is 0.453 e. The van der Waals surface area contributed by atoms with Gasteiger partial charge in [0.15, 0.2) is 0 Å². The number of amides is 1. The minimum absolute atomic E-state index is 0.309. The molecule has 0 aromatic carbocycles. The Morgan fingerprint density at radius 3 is 2.92 bits per heavy atom. The van der Waals surface area contributed by atoms with Crippen molar-refractivity contribution in [3.05, 3.63) is 0 Å². The van der Waals surface area contributed by atoms with Gasteiger partial charge in [-0.05, 0) is 18.8 Å². The van der Waals surface area contributed by atoms with Crippen LogP contribution in [0.2, 0.25) is 0 Å². The van der Waals surface area contributed by atoms with E-state index in [-0.39, 0.29) is 6.04 Å². The van der Waals surface area contributed by atoms with Crippen LogP contribution in [0.3, 0.4) is 0 Å². The predicted molar refractivity (Wildman–Crippen MR) is 46.9 cm³/mol. The molecule has 1 fully saturated rings. The van der Waals surface area contributed by atoms with Crippen LogP contribution < -0.4 is 0 Å². The molecule has 0 bridgehead atoms. The van der Waals surface area contributed by atoms with Crippen LogP contribution in [0.4, 0.5) is 4.79 Å². The molecule has 1 rings (SSSR count). The van der Waals surface area contributed by atoms with Gasteiger partial charge in [-0.15, -0.1) is 0 Å². The molecule has 72 valence electrons. The van der Waals surface area contributed by atoms with Gasteiger partial charge in [0.1, 0.15) is 6.04 Å². The minimum Gasteiger partial charge on any atom is -0.453 e. The highest BCUT2D eigenvalue weighted by molar-refractivity contribution is 5.68. The smallest absolute Gasteiger partial charge is 0.410 e. The molecule has 0 N–H and O–H groups in total. The topological polar surface area (TPSA) is 53.3 Å². The average Bonchev–Trinajstić information content (AvgIpc) is 2.16. The van der Waals surface area contributed by atoms with Gasteiger partial charge in [-0.3, -0.25) is 4.90 Å². The molecular weight excluding hydrogens is 168 g/mol. The van der Waals surface area contributed by atoms with E-state index < -0.39 is 6.09 Å². The van der Waals surface area contributed by atoms with Gasteiger partial charge < -0.3 is 4.74 Å². The van der Waals surface area contributed by atoms with Crippen LogP contribution in [0.1, 0.15) is 19.8 Å². The number of hydrogen-bond acceptors (Lipinski definition) is 3. The molecule has 0 aromatic rings. The van der Waals surface area contributed by atoms with Crippen molar-refractivity contribution >= 4 is 6.09 Å². The lowest BCUT2D eigenvalue weighted by Gasteiger charge is -2.33. The van der Waals surface area contributed by atoms with Crippen LogP contribution in [0.15, 0.2) is 0 Å². The first-order valence-electron chi connectivity index (χ1n) is 4.43. The minimum atomic E-state index is -0.390. The second-order valence-corrected chi connectivity index (χ2v) is 3.44. The monoisotopic (exact) mass is 182 g/mol. The summed E-state index contributed by atoms with van der Waals surface area (Å²) in [5, 5.41) is 8.82. The van der Waals surface area contributed by atoms with E-state index in [0.29, 0.717) is 12.5 Å². The summed E-state index contributed by atoms with van der Waals surface area (Å²) >= 11 is 0. The Bertz CT molecular complexity index is 234. The SMILES string of the molecule is COC(=O)N1CC[C@@H](C)C[C@H]1C#N. The van der Waals surface area contributed by atoms with E-state index >= 15 is 0 Å². The lowest BCUT2D eigenvalue weighted by molar-refractivity contribution is 0.0928. The Morgan fingerprint density at radius 1 is 1.69 bits per heavy atom. The van der Waals surface area contributed by atoms with Crippen LogP contribution >= 0.6 is 0 Å². The van der Waals surface area contributed by atoms with Crippen LogP contribution in [0, 0.1) is 17.2 Å². The summed E-state index contributed by atoms with van der Waals surface area (Å²) in [6.07, 6.45) is 1.32. The van der Waals surface area contributed by atoms with E-state index in [1.54, 1.807) is 0 Å². The Kier molecular flexibility index (Phi) is 3.13. The zero-order valence-corrected chi connectivity index (χ0v) is 7.99. The fourth-order valence-electron chi connectivity index (χ4n) is 1.60. The Labute approximate surface area is 78.1 Å². The first kappa shape index (κ1) is 9.85. The molecule has 0 radical (unpaired) electrons. The van der Waals surface area contributed by atoms with Gasteiger partial charge in [0.05, 0.1) is 13.2 Å². The van der Waals surface area contributed by atoms with Gasteiger partial charge >= 0.3 is 6.09 Å².